The van der Waals surface area contributed by atoms with Crippen LogP contribution in [0, 0.1) is 11.8 Å². The van der Waals surface area contributed by atoms with E-state index < -0.39 is 5.54 Å². The predicted octanol–water partition coefficient (Wildman–Crippen LogP) is 2.33. The summed E-state index contributed by atoms with van der Waals surface area (Å²) in [6.45, 7) is 7.27. The summed E-state index contributed by atoms with van der Waals surface area (Å²) in [5.74, 6) is 1.52. The molecule has 4 nitrogen and oxygen atoms in total. The summed E-state index contributed by atoms with van der Waals surface area (Å²) in [4.78, 5) is 26.5. The second-order valence-corrected chi connectivity index (χ2v) is 6.65. The van der Waals surface area contributed by atoms with Crippen LogP contribution in [0.4, 0.5) is 0 Å². The lowest BCUT2D eigenvalue weighted by Gasteiger charge is -2.42. The maximum atomic E-state index is 12.7. The van der Waals surface area contributed by atoms with Gasteiger partial charge in [-0.25, -0.2) is 0 Å². The summed E-state index contributed by atoms with van der Waals surface area (Å²) in [7, 11) is 0. The van der Waals surface area contributed by atoms with Crippen molar-refractivity contribution in [3.8, 4) is 0 Å². The van der Waals surface area contributed by atoms with Crippen LogP contribution in [-0.2, 0) is 9.59 Å². The van der Waals surface area contributed by atoms with E-state index in [1.165, 1.54) is 25.7 Å². The normalized spacial score (nSPS) is 30.2. The first-order chi connectivity index (χ1) is 9.50. The number of piperazine rings is 1. The minimum absolute atomic E-state index is 0.00234. The minimum atomic E-state index is -0.655. The van der Waals surface area contributed by atoms with E-state index in [9.17, 15) is 9.59 Å². The highest BCUT2D eigenvalue weighted by molar-refractivity contribution is 5.97. The zero-order valence-corrected chi connectivity index (χ0v) is 13.1. The highest BCUT2D eigenvalue weighted by Gasteiger charge is 2.44. The van der Waals surface area contributed by atoms with Crippen LogP contribution >= 0.6 is 0 Å². The molecule has 0 atom stereocenters. The standard InChI is InChI=1S/C16H28N2O2/c1-4-16(5-2)15(20)18(11-14(19)17-16)10-13-8-6-12(3)7-9-13/h12-13H,4-11H2,1-3H3,(H,17,19). The number of nitrogens with zero attached hydrogens (tertiary/aromatic N) is 1. The monoisotopic (exact) mass is 280 g/mol. The van der Waals surface area contributed by atoms with Gasteiger partial charge in [-0.3, -0.25) is 9.59 Å². The Hall–Kier alpha value is -1.06. The van der Waals surface area contributed by atoms with Gasteiger partial charge in [0, 0.05) is 6.54 Å². The van der Waals surface area contributed by atoms with E-state index in [0.29, 0.717) is 18.8 Å². The lowest BCUT2D eigenvalue weighted by molar-refractivity contribution is -0.151. The zero-order chi connectivity index (χ0) is 14.8. The Morgan fingerprint density at radius 1 is 1.15 bits per heavy atom. The summed E-state index contributed by atoms with van der Waals surface area (Å²) in [5, 5.41) is 2.92. The summed E-state index contributed by atoms with van der Waals surface area (Å²) in [5.41, 5.74) is -0.655. The van der Waals surface area contributed by atoms with Crippen molar-refractivity contribution in [2.45, 2.75) is 64.8 Å². The van der Waals surface area contributed by atoms with Crippen molar-refractivity contribution < 1.29 is 9.59 Å². The molecule has 0 spiro atoms. The molecule has 2 rings (SSSR count). The van der Waals surface area contributed by atoms with Crippen molar-refractivity contribution in [3.63, 3.8) is 0 Å². The lowest BCUT2D eigenvalue weighted by Crippen LogP contribution is -2.66. The third-order valence-corrected chi connectivity index (χ3v) is 5.23. The molecule has 1 N–H and O–H groups in total. The Bertz CT molecular complexity index is 369. The quantitative estimate of drug-likeness (QED) is 0.859. The van der Waals surface area contributed by atoms with Crippen molar-refractivity contribution in [2.75, 3.05) is 13.1 Å². The maximum Gasteiger partial charge on any atom is 0.248 e. The van der Waals surface area contributed by atoms with Gasteiger partial charge in [0.15, 0.2) is 0 Å². The number of rotatable bonds is 4. The summed E-state index contributed by atoms with van der Waals surface area (Å²) in [6.07, 6.45) is 6.24. The smallest absolute Gasteiger partial charge is 0.248 e. The van der Waals surface area contributed by atoms with E-state index in [4.69, 9.17) is 0 Å². The number of carbonyl (C=O) groups is 2. The molecule has 0 radical (unpaired) electrons. The average Bonchev–Trinajstić information content (AvgIpc) is 2.45. The third-order valence-electron chi connectivity index (χ3n) is 5.23. The van der Waals surface area contributed by atoms with Gasteiger partial charge in [-0.2, -0.15) is 0 Å². The van der Waals surface area contributed by atoms with Crippen LogP contribution in [0.5, 0.6) is 0 Å². The van der Waals surface area contributed by atoms with E-state index in [2.05, 4.69) is 12.2 Å². The summed E-state index contributed by atoms with van der Waals surface area (Å²) >= 11 is 0. The number of amides is 2. The molecule has 4 heteroatoms. The molecule has 1 aliphatic carbocycles. The minimum Gasteiger partial charge on any atom is -0.340 e. The van der Waals surface area contributed by atoms with Gasteiger partial charge in [-0.15, -0.1) is 0 Å². The number of nitrogens with one attached hydrogen (secondary N) is 1. The largest absolute Gasteiger partial charge is 0.340 e. The van der Waals surface area contributed by atoms with Crippen LogP contribution in [0.1, 0.15) is 59.3 Å². The fourth-order valence-electron chi connectivity index (χ4n) is 3.61. The van der Waals surface area contributed by atoms with Gasteiger partial charge >= 0.3 is 0 Å². The molecular formula is C16H28N2O2. The highest BCUT2D eigenvalue weighted by atomic mass is 16.2. The fourth-order valence-corrected chi connectivity index (χ4v) is 3.61. The van der Waals surface area contributed by atoms with Crippen LogP contribution < -0.4 is 5.32 Å². The van der Waals surface area contributed by atoms with Crippen molar-refractivity contribution in [3.05, 3.63) is 0 Å². The van der Waals surface area contributed by atoms with Gasteiger partial charge < -0.3 is 10.2 Å². The molecule has 2 fully saturated rings. The van der Waals surface area contributed by atoms with E-state index in [1.54, 1.807) is 0 Å². The van der Waals surface area contributed by atoms with E-state index in [1.807, 2.05) is 18.7 Å². The first-order valence-electron chi connectivity index (χ1n) is 8.11. The van der Waals surface area contributed by atoms with Gasteiger partial charge in [-0.1, -0.05) is 33.6 Å². The molecule has 0 aromatic carbocycles. The van der Waals surface area contributed by atoms with Gasteiger partial charge in [-0.05, 0) is 37.5 Å². The average molecular weight is 280 g/mol. The molecule has 1 aliphatic heterocycles. The van der Waals surface area contributed by atoms with E-state index in [-0.39, 0.29) is 18.4 Å². The molecular weight excluding hydrogens is 252 g/mol. The first-order valence-corrected chi connectivity index (χ1v) is 8.11. The van der Waals surface area contributed by atoms with Gasteiger partial charge in [0.1, 0.15) is 5.54 Å². The van der Waals surface area contributed by atoms with Crippen molar-refractivity contribution in [1.29, 1.82) is 0 Å². The molecule has 1 saturated carbocycles. The Labute approximate surface area is 122 Å². The Balaban J connectivity index is 2.03. The number of hydrogen-bond donors (Lipinski definition) is 1. The number of hydrogen-bond acceptors (Lipinski definition) is 2. The molecule has 0 unspecified atom stereocenters. The zero-order valence-electron chi connectivity index (χ0n) is 13.1. The molecule has 114 valence electrons. The van der Waals surface area contributed by atoms with E-state index >= 15 is 0 Å². The van der Waals surface area contributed by atoms with Crippen molar-refractivity contribution in [1.82, 2.24) is 10.2 Å². The Morgan fingerprint density at radius 3 is 2.30 bits per heavy atom. The van der Waals surface area contributed by atoms with Crippen molar-refractivity contribution >= 4 is 11.8 Å². The van der Waals surface area contributed by atoms with Gasteiger partial charge in [0.05, 0.1) is 6.54 Å². The second-order valence-electron chi connectivity index (χ2n) is 6.65. The second kappa shape index (κ2) is 6.15. The topological polar surface area (TPSA) is 49.4 Å². The molecule has 2 aliphatic rings. The van der Waals surface area contributed by atoms with Crippen molar-refractivity contribution in [2.24, 2.45) is 11.8 Å². The number of carbonyl (C=O) groups excluding carboxylic acids is 2. The summed E-state index contributed by atoms with van der Waals surface area (Å²) in [6, 6.07) is 0. The molecule has 0 aromatic heterocycles. The van der Waals surface area contributed by atoms with Crippen LogP contribution in [0.25, 0.3) is 0 Å². The SMILES string of the molecule is CCC1(CC)NC(=O)CN(CC2CCC(C)CC2)C1=O. The third kappa shape index (κ3) is 2.99. The van der Waals surface area contributed by atoms with Crippen LogP contribution in [0.15, 0.2) is 0 Å². The molecule has 1 heterocycles. The van der Waals surface area contributed by atoms with Crippen LogP contribution in [0.3, 0.4) is 0 Å². The molecule has 0 aromatic rings. The first kappa shape index (κ1) is 15.3. The van der Waals surface area contributed by atoms with Crippen LogP contribution in [-0.4, -0.2) is 35.3 Å². The Kier molecular flexibility index (Phi) is 4.71. The highest BCUT2D eigenvalue weighted by Crippen LogP contribution is 2.30. The van der Waals surface area contributed by atoms with E-state index in [0.717, 1.165) is 12.5 Å². The molecule has 1 saturated heterocycles. The maximum absolute atomic E-state index is 12.7. The van der Waals surface area contributed by atoms with Gasteiger partial charge in [0.25, 0.3) is 0 Å². The fraction of sp³-hybridized carbons (Fsp3) is 0.875. The van der Waals surface area contributed by atoms with Crippen LogP contribution in [0.2, 0.25) is 0 Å². The predicted molar refractivity (Wildman–Crippen MR) is 79.2 cm³/mol. The lowest BCUT2D eigenvalue weighted by atomic mass is 9.82. The molecule has 20 heavy (non-hydrogen) atoms. The molecule has 0 bridgehead atoms. The van der Waals surface area contributed by atoms with Gasteiger partial charge in [0.2, 0.25) is 11.8 Å². The summed E-state index contributed by atoms with van der Waals surface area (Å²) < 4.78 is 0. The molecule has 2 amide bonds. The Morgan fingerprint density at radius 2 is 1.75 bits per heavy atom.